The molecule has 0 saturated carbocycles. The zero-order chi connectivity index (χ0) is 13.9. The van der Waals surface area contributed by atoms with Gasteiger partial charge in [-0.2, -0.15) is 0 Å². The van der Waals surface area contributed by atoms with Gasteiger partial charge in [0.05, 0.1) is 24.0 Å². The van der Waals surface area contributed by atoms with E-state index in [4.69, 9.17) is 9.25 Å². The van der Waals surface area contributed by atoms with Crippen LogP contribution in [0.2, 0.25) is 0 Å². The van der Waals surface area contributed by atoms with E-state index in [0.717, 1.165) is 10.8 Å². The van der Waals surface area contributed by atoms with Gasteiger partial charge in [0.25, 0.3) is 11.8 Å². The van der Waals surface area contributed by atoms with Crippen molar-refractivity contribution in [3.8, 4) is 0 Å². The largest absolute Gasteiger partial charge is 0.469 e. The predicted molar refractivity (Wildman–Crippen MR) is 69.9 cm³/mol. The first-order valence-electron chi connectivity index (χ1n) is 6.40. The van der Waals surface area contributed by atoms with Crippen molar-refractivity contribution in [1.29, 1.82) is 0 Å². The average Bonchev–Trinajstić information content (AvgIpc) is 3.06. The Balaban J connectivity index is 1.57. The standard InChI is InChI=1S/C15H13NO4/c17-14-12-7-1-2-8-13(12)15(18)16(14)20-10-4-6-11-5-3-9-19-11/h1-3,5,7-9H,4,6,10H2. The van der Waals surface area contributed by atoms with Crippen molar-refractivity contribution in [3.05, 3.63) is 59.5 Å². The van der Waals surface area contributed by atoms with Gasteiger partial charge >= 0.3 is 0 Å². The summed E-state index contributed by atoms with van der Waals surface area (Å²) >= 11 is 0. The highest BCUT2D eigenvalue weighted by Crippen LogP contribution is 2.22. The van der Waals surface area contributed by atoms with Gasteiger partial charge in [0, 0.05) is 6.42 Å². The summed E-state index contributed by atoms with van der Waals surface area (Å²) in [5.74, 6) is 0.0585. The molecule has 0 N–H and O–H groups in total. The van der Waals surface area contributed by atoms with Crippen LogP contribution < -0.4 is 0 Å². The summed E-state index contributed by atoms with van der Waals surface area (Å²) in [5, 5.41) is 0.840. The third-order valence-corrected chi connectivity index (χ3v) is 3.12. The number of rotatable bonds is 5. The number of carbonyl (C=O) groups excluding carboxylic acids is 2. The molecule has 20 heavy (non-hydrogen) atoms. The summed E-state index contributed by atoms with van der Waals surface area (Å²) in [4.78, 5) is 29.3. The van der Waals surface area contributed by atoms with E-state index in [0.29, 0.717) is 24.0 Å². The third kappa shape index (κ3) is 2.23. The Kier molecular flexibility index (Phi) is 3.35. The van der Waals surface area contributed by atoms with Crippen LogP contribution in [0.1, 0.15) is 32.9 Å². The lowest BCUT2D eigenvalue weighted by Crippen LogP contribution is -2.30. The van der Waals surface area contributed by atoms with Crippen LogP contribution in [0.4, 0.5) is 0 Å². The van der Waals surface area contributed by atoms with Crippen LogP contribution in [0.3, 0.4) is 0 Å². The minimum Gasteiger partial charge on any atom is -0.469 e. The van der Waals surface area contributed by atoms with E-state index in [1.165, 1.54) is 0 Å². The average molecular weight is 271 g/mol. The van der Waals surface area contributed by atoms with E-state index < -0.39 is 11.8 Å². The normalized spacial score (nSPS) is 13.9. The zero-order valence-electron chi connectivity index (χ0n) is 10.7. The second-order valence-corrected chi connectivity index (χ2v) is 4.47. The molecule has 2 amide bonds. The minimum absolute atomic E-state index is 0.284. The van der Waals surface area contributed by atoms with E-state index in [-0.39, 0.29) is 6.61 Å². The maximum absolute atomic E-state index is 12.0. The van der Waals surface area contributed by atoms with Crippen molar-refractivity contribution in [1.82, 2.24) is 5.06 Å². The molecule has 0 aliphatic carbocycles. The van der Waals surface area contributed by atoms with E-state index in [1.54, 1.807) is 30.5 Å². The Bertz CT molecular complexity index is 598. The molecule has 0 fully saturated rings. The molecule has 5 heteroatoms. The summed E-state index contributed by atoms with van der Waals surface area (Å²) in [6, 6.07) is 10.4. The summed E-state index contributed by atoms with van der Waals surface area (Å²) in [7, 11) is 0. The molecule has 2 aromatic rings. The van der Waals surface area contributed by atoms with E-state index in [1.807, 2.05) is 12.1 Å². The number of fused-ring (bicyclic) bond motifs is 1. The highest BCUT2D eigenvalue weighted by atomic mass is 16.7. The molecule has 1 aliphatic rings. The molecule has 2 heterocycles. The maximum Gasteiger partial charge on any atom is 0.285 e. The lowest BCUT2D eigenvalue weighted by molar-refractivity contribution is -0.0919. The highest BCUT2D eigenvalue weighted by molar-refractivity contribution is 6.20. The van der Waals surface area contributed by atoms with Crippen molar-refractivity contribution >= 4 is 11.8 Å². The molecule has 1 aromatic carbocycles. The van der Waals surface area contributed by atoms with Crippen LogP contribution >= 0.6 is 0 Å². The van der Waals surface area contributed by atoms with Gasteiger partial charge in [0.1, 0.15) is 5.76 Å². The van der Waals surface area contributed by atoms with Crippen molar-refractivity contribution in [2.24, 2.45) is 0 Å². The number of amides is 2. The second kappa shape index (κ2) is 5.30. The quantitative estimate of drug-likeness (QED) is 0.619. The molecule has 102 valence electrons. The number of hydrogen-bond donors (Lipinski definition) is 0. The van der Waals surface area contributed by atoms with Gasteiger partial charge in [-0.1, -0.05) is 12.1 Å². The van der Waals surface area contributed by atoms with Gasteiger partial charge in [-0.15, -0.1) is 5.06 Å². The fraction of sp³-hybridized carbons (Fsp3) is 0.200. The molecule has 0 saturated heterocycles. The van der Waals surface area contributed by atoms with Crippen LogP contribution in [0.25, 0.3) is 0 Å². The molecule has 3 rings (SSSR count). The number of nitrogens with zero attached hydrogens (tertiary/aromatic N) is 1. The summed E-state index contributed by atoms with van der Waals surface area (Å²) < 4.78 is 5.20. The lowest BCUT2D eigenvalue weighted by atomic mass is 10.1. The molecule has 1 aliphatic heterocycles. The molecular formula is C15H13NO4. The topological polar surface area (TPSA) is 59.8 Å². The van der Waals surface area contributed by atoms with Gasteiger partial charge < -0.3 is 4.42 Å². The Labute approximate surface area is 115 Å². The number of carbonyl (C=O) groups is 2. The van der Waals surface area contributed by atoms with Crippen LogP contribution in [-0.2, 0) is 11.3 Å². The van der Waals surface area contributed by atoms with E-state index >= 15 is 0 Å². The van der Waals surface area contributed by atoms with Crippen molar-refractivity contribution in [3.63, 3.8) is 0 Å². The number of furan rings is 1. The van der Waals surface area contributed by atoms with Gasteiger partial charge in [-0.3, -0.25) is 14.4 Å². The first-order valence-corrected chi connectivity index (χ1v) is 6.40. The summed E-state index contributed by atoms with van der Waals surface area (Å²) in [5.41, 5.74) is 0.784. The summed E-state index contributed by atoms with van der Waals surface area (Å²) in [6.07, 6.45) is 2.98. The van der Waals surface area contributed by atoms with Crippen LogP contribution in [0.5, 0.6) is 0 Å². The molecule has 0 unspecified atom stereocenters. The fourth-order valence-electron chi connectivity index (χ4n) is 2.14. The van der Waals surface area contributed by atoms with E-state index in [2.05, 4.69) is 0 Å². The van der Waals surface area contributed by atoms with Gasteiger partial charge in [-0.25, -0.2) is 0 Å². The molecular weight excluding hydrogens is 258 g/mol. The fourth-order valence-corrected chi connectivity index (χ4v) is 2.14. The second-order valence-electron chi connectivity index (χ2n) is 4.47. The van der Waals surface area contributed by atoms with E-state index in [9.17, 15) is 9.59 Å². The van der Waals surface area contributed by atoms with Crippen LogP contribution in [0.15, 0.2) is 47.1 Å². The van der Waals surface area contributed by atoms with Crippen LogP contribution in [-0.4, -0.2) is 23.5 Å². The number of aryl methyl sites for hydroxylation is 1. The third-order valence-electron chi connectivity index (χ3n) is 3.12. The lowest BCUT2D eigenvalue weighted by Gasteiger charge is -2.12. The molecule has 0 bridgehead atoms. The van der Waals surface area contributed by atoms with Crippen molar-refractivity contribution in [2.75, 3.05) is 6.61 Å². The van der Waals surface area contributed by atoms with Gasteiger partial charge in [-0.05, 0) is 30.7 Å². The highest BCUT2D eigenvalue weighted by Gasteiger charge is 2.36. The number of imide groups is 1. The Morgan fingerprint density at radius 3 is 2.30 bits per heavy atom. The maximum atomic E-state index is 12.0. The smallest absolute Gasteiger partial charge is 0.285 e. The molecule has 0 radical (unpaired) electrons. The molecule has 0 spiro atoms. The van der Waals surface area contributed by atoms with Gasteiger partial charge in [0.2, 0.25) is 0 Å². The molecule has 5 nitrogen and oxygen atoms in total. The zero-order valence-corrected chi connectivity index (χ0v) is 10.7. The van der Waals surface area contributed by atoms with Crippen LogP contribution in [0, 0.1) is 0 Å². The van der Waals surface area contributed by atoms with Crippen molar-refractivity contribution < 1.29 is 18.8 Å². The molecule has 1 aromatic heterocycles. The number of benzene rings is 1. The Morgan fingerprint density at radius 2 is 1.70 bits per heavy atom. The predicted octanol–water partition coefficient (Wildman–Crippen LogP) is 2.44. The number of hydrogen-bond acceptors (Lipinski definition) is 4. The Morgan fingerprint density at radius 1 is 1.00 bits per heavy atom. The number of hydroxylamine groups is 2. The monoisotopic (exact) mass is 271 g/mol. The molecule has 0 atom stereocenters. The summed E-state index contributed by atoms with van der Waals surface area (Å²) in [6.45, 7) is 0.284. The SMILES string of the molecule is O=C1c2ccccc2C(=O)N1OCCCc1ccco1. The Hall–Kier alpha value is -2.40. The minimum atomic E-state index is -0.399. The first-order chi connectivity index (χ1) is 9.77. The first kappa shape index (κ1) is 12.6. The van der Waals surface area contributed by atoms with Gasteiger partial charge in [0.15, 0.2) is 0 Å². The van der Waals surface area contributed by atoms with Crippen molar-refractivity contribution in [2.45, 2.75) is 12.8 Å².